The van der Waals surface area contributed by atoms with Gasteiger partial charge < -0.3 is 9.84 Å². The minimum atomic E-state index is -0.900. The molecule has 0 fully saturated rings. The molecule has 4 nitrogen and oxygen atoms in total. The second kappa shape index (κ2) is 5.63. The number of benzene rings is 1. The van der Waals surface area contributed by atoms with Crippen LogP contribution in [0.15, 0.2) is 18.2 Å². The van der Waals surface area contributed by atoms with Crippen LogP contribution in [0.3, 0.4) is 0 Å². The smallest absolute Gasteiger partial charge is 0.132 e. The van der Waals surface area contributed by atoms with Gasteiger partial charge in [0.1, 0.15) is 11.6 Å². The molecular weight excluding hydrogens is 259 g/mol. The van der Waals surface area contributed by atoms with E-state index in [4.69, 9.17) is 4.74 Å². The summed E-state index contributed by atoms with van der Waals surface area (Å²) in [6.07, 6.45) is -0.558. The summed E-state index contributed by atoms with van der Waals surface area (Å²) in [5, 5.41) is 14.6. The molecule has 1 aromatic carbocycles. The van der Waals surface area contributed by atoms with Crippen LogP contribution >= 0.6 is 0 Å². The van der Waals surface area contributed by atoms with Crippen molar-refractivity contribution in [3.8, 4) is 5.75 Å². The molecule has 0 spiro atoms. The van der Waals surface area contributed by atoms with E-state index in [0.29, 0.717) is 12.2 Å². The summed E-state index contributed by atoms with van der Waals surface area (Å²) in [5.41, 5.74) is 3.07. The van der Waals surface area contributed by atoms with Crippen LogP contribution in [-0.2, 0) is 13.5 Å². The molecule has 0 aliphatic heterocycles. The quantitative estimate of drug-likeness (QED) is 0.934. The Morgan fingerprint density at radius 1 is 1.40 bits per heavy atom. The Morgan fingerprint density at radius 2 is 2.10 bits per heavy atom. The van der Waals surface area contributed by atoms with Crippen molar-refractivity contribution in [1.29, 1.82) is 0 Å². The first kappa shape index (κ1) is 14.5. The Balaban J connectivity index is 2.26. The van der Waals surface area contributed by atoms with Gasteiger partial charge in [0.15, 0.2) is 0 Å². The van der Waals surface area contributed by atoms with Crippen LogP contribution in [0.4, 0.5) is 4.39 Å². The van der Waals surface area contributed by atoms with E-state index in [1.165, 1.54) is 13.2 Å². The number of aliphatic hydroxyl groups excluding tert-OH is 1. The van der Waals surface area contributed by atoms with Crippen molar-refractivity contribution in [2.75, 3.05) is 7.11 Å². The van der Waals surface area contributed by atoms with E-state index >= 15 is 0 Å². The molecular formula is C15H19FN2O2. The fourth-order valence-corrected chi connectivity index (χ4v) is 2.32. The standard InChI is InChI=1S/C15H19FN2O2/c1-9-13(10(2)18(3)17-9)8-15(19)12-6-5-11(20-4)7-14(12)16/h5-7,15,19H,8H2,1-4H3. The van der Waals surface area contributed by atoms with E-state index in [-0.39, 0.29) is 5.56 Å². The van der Waals surface area contributed by atoms with E-state index in [2.05, 4.69) is 5.10 Å². The summed E-state index contributed by atoms with van der Waals surface area (Å²) < 4.78 is 20.7. The minimum absolute atomic E-state index is 0.272. The molecule has 0 saturated heterocycles. The SMILES string of the molecule is COc1ccc(C(O)Cc2c(C)nn(C)c2C)c(F)c1. The van der Waals surface area contributed by atoms with Gasteiger partial charge in [0.25, 0.3) is 0 Å². The summed E-state index contributed by atoms with van der Waals surface area (Å²) in [5.74, 6) is -0.0248. The summed E-state index contributed by atoms with van der Waals surface area (Å²) >= 11 is 0. The summed E-state index contributed by atoms with van der Waals surface area (Å²) in [7, 11) is 3.33. The van der Waals surface area contributed by atoms with Crippen molar-refractivity contribution in [3.05, 3.63) is 46.5 Å². The van der Waals surface area contributed by atoms with Crippen LogP contribution < -0.4 is 4.74 Å². The number of ether oxygens (including phenoxy) is 1. The highest BCUT2D eigenvalue weighted by atomic mass is 19.1. The molecule has 0 aliphatic carbocycles. The second-order valence-corrected chi connectivity index (χ2v) is 4.88. The molecule has 0 amide bonds. The highest BCUT2D eigenvalue weighted by Crippen LogP contribution is 2.26. The third-order valence-corrected chi connectivity index (χ3v) is 3.62. The maximum Gasteiger partial charge on any atom is 0.132 e. The molecule has 20 heavy (non-hydrogen) atoms. The maximum atomic E-state index is 13.9. The molecule has 1 N–H and O–H groups in total. The zero-order valence-electron chi connectivity index (χ0n) is 12.1. The predicted octanol–water partition coefficient (Wildman–Crippen LogP) is 2.46. The lowest BCUT2D eigenvalue weighted by molar-refractivity contribution is 0.173. The van der Waals surface area contributed by atoms with Gasteiger partial charge in [-0.3, -0.25) is 4.68 Å². The molecule has 0 aliphatic rings. The van der Waals surface area contributed by atoms with E-state index in [9.17, 15) is 9.50 Å². The number of rotatable bonds is 4. The number of methoxy groups -OCH3 is 1. The lowest BCUT2D eigenvalue weighted by Crippen LogP contribution is -2.06. The van der Waals surface area contributed by atoms with Crippen molar-refractivity contribution in [2.24, 2.45) is 7.05 Å². The second-order valence-electron chi connectivity index (χ2n) is 4.88. The average Bonchev–Trinajstić information content (AvgIpc) is 2.65. The van der Waals surface area contributed by atoms with Crippen LogP contribution in [0.2, 0.25) is 0 Å². The molecule has 2 rings (SSSR count). The van der Waals surface area contributed by atoms with Gasteiger partial charge in [-0.15, -0.1) is 0 Å². The number of aryl methyl sites for hydroxylation is 2. The van der Waals surface area contributed by atoms with Crippen LogP contribution in [-0.4, -0.2) is 22.0 Å². The first-order valence-electron chi connectivity index (χ1n) is 6.44. The first-order valence-corrected chi connectivity index (χ1v) is 6.44. The lowest BCUT2D eigenvalue weighted by atomic mass is 9.99. The molecule has 0 radical (unpaired) electrons. The van der Waals surface area contributed by atoms with E-state index in [0.717, 1.165) is 17.0 Å². The Bertz CT molecular complexity index is 623. The van der Waals surface area contributed by atoms with Crippen molar-refractivity contribution < 1.29 is 14.2 Å². The summed E-state index contributed by atoms with van der Waals surface area (Å²) in [6, 6.07) is 4.48. The predicted molar refractivity (Wildman–Crippen MR) is 74.3 cm³/mol. The number of nitrogens with zero attached hydrogens (tertiary/aromatic N) is 2. The molecule has 1 unspecified atom stereocenters. The zero-order chi connectivity index (χ0) is 14.9. The molecule has 0 bridgehead atoms. The van der Waals surface area contributed by atoms with E-state index < -0.39 is 11.9 Å². The number of aromatic nitrogens is 2. The van der Waals surface area contributed by atoms with Gasteiger partial charge in [0, 0.05) is 30.8 Å². The molecule has 5 heteroatoms. The van der Waals surface area contributed by atoms with Crippen LogP contribution in [0, 0.1) is 19.7 Å². The van der Waals surface area contributed by atoms with Gasteiger partial charge in [0.2, 0.25) is 0 Å². The molecule has 0 saturated carbocycles. The lowest BCUT2D eigenvalue weighted by Gasteiger charge is -2.13. The molecule has 1 atom stereocenters. The summed E-state index contributed by atoms with van der Waals surface area (Å²) in [4.78, 5) is 0. The van der Waals surface area contributed by atoms with Crippen LogP contribution in [0.25, 0.3) is 0 Å². The average molecular weight is 278 g/mol. The Morgan fingerprint density at radius 3 is 2.60 bits per heavy atom. The molecule has 1 aromatic heterocycles. The van der Waals surface area contributed by atoms with Gasteiger partial charge in [-0.1, -0.05) is 0 Å². The zero-order valence-corrected chi connectivity index (χ0v) is 12.1. The van der Waals surface area contributed by atoms with Gasteiger partial charge in [-0.05, 0) is 31.5 Å². The maximum absolute atomic E-state index is 13.9. The van der Waals surface area contributed by atoms with Crippen molar-refractivity contribution in [2.45, 2.75) is 26.4 Å². The normalized spacial score (nSPS) is 12.5. The van der Waals surface area contributed by atoms with Gasteiger partial charge in [-0.25, -0.2) is 4.39 Å². The summed E-state index contributed by atoms with van der Waals surface area (Å²) in [6.45, 7) is 3.83. The number of hydrogen-bond donors (Lipinski definition) is 1. The van der Waals surface area contributed by atoms with Gasteiger partial charge >= 0.3 is 0 Å². The fourth-order valence-electron chi connectivity index (χ4n) is 2.32. The highest BCUT2D eigenvalue weighted by molar-refractivity contribution is 5.32. The molecule has 1 heterocycles. The highest BCUT2D eigenvalue weighted by Gasteiger charge is 2.18. The first-order chi connectivity index (χ1) is 9.43. The van der Waals surface area contributed by atoms with Gasteiger partial charge in [-0.2, -0.15) is 5.10 Å². The monoisotopic (exact) mass is 278 g/mol. The Kier molecular flexibility index (Phi) is 4.09. The largest absolute Gasteiger partial charge is 0.497 e. The number of aliphatic hydroxyl groups is 1. The van der Waals surface area contributed by atoms with E-state index in [1.54, 1.807) is 16.8 Å². The van der Waals surface area contributed by atoms with Crippen LogP contribution in [0.1, 0.15) is 28.6 Å². The Labute approximate surface area is 117 Å². The third-order valence-electron chi connectivity index (χ3n) is 3.62. The minimum Gasteiger partial charge on any atom is -0.497 e. The number of halogens is 1. The van der Waals surface area contributed by atoms with Crippen molar-refractivity contribution in [3.63, 3.8) is 0 Å². The fraction of sp³-hybridized carbons (Fsp3) is 0.400. The topological polar surface area (TPSA) is 47.3 Å². The number of hydrogen-bond acceptors (Lipinski definition) is 3. The molecule has 108 valence electrons. The van der Waals surface area contributed by atoms with Crippen LogP contribution in [0.5, 0.6) is 5.75 Å². The van der Waals surface area contributed by atoms with Crippen molar-refractivity contribution >= 4 is 0 Å². The van der Waals surface area contributed by atoms with Gasteiger partial charge in [0.05, 0.1) is 18.9 Å². The third kappa shape index (κ3) is 2.67. The van der Waals surface area contributed by atoms with E-state index in [1.807, 2.05) is 20.9 Å². The van der Waals surface area contributed by atoms with Crippen molar-refractivity contribution in [1.82, 2.24) is 9.78 Å². The Hall–Kier alpha value is -1.88. The molecule has 2 aromatic rings.